The van der Waals surface area contributed by atoms with E-state index in [0.29, 0.717) is 0 Å². The highest BCUT2D eigenvalue weighted by molar-refractivity contribution is 5.96. The Hall–Kier alpha value is -3.30. The van der Waals surface area contributed by atoms with E-state index in [9.17, 15) is 27.2 Å². The molecule has 0 heterocycles. The van der Waals surface area contributed by atoms with Crippen LogP contribution in [0.25, 0.3) is 0 Å². The first kappa shape index (κ1) is 20.0. The average Bonchev–Trinajstić information content (AvgIpc) is 2.60. The van der Waals surface area contributed by atoms with Gasteiger partial charge in [0.05, 0.1) is 11.3 Å². The highest BCUT2D eigenvalue weighted by Crippen LogP contribution is 2.25. The summed E-state index contributed by atoms with van der Waals surface area (Å²) in [6, 6.07) is 10.3. The van der Waals surface area contributed by atoms with Gasteiger partial charge in [-0.2, -0.15) is 17.6 Å². The molecular weight excluding hydrogens is 374 g/mol. The molecule has 144 valence electrons. The van der Waals surface area contributed by atoms with Crippen molar-refractivity contribution in [3.8, 4) is 11.5 Å². The number of carbonyl (C=O) groups is 2. The second-order valence-electron chi connectivity index (χ2n) is 4.91. The van der Waals surface area contributed by atoms with Crippen molar-refractivity contribution in [1.29, 1.82) is 0 Å². The van der Waals surface area contributed by atoms with Crippen molar-refractivity contribution in [2.24, 2.45) is 0 Å². The van der Waals surface area contributed by atoms with Crippen LogP contribution in [0.4, 0.5) is 23.2 Å². The first-order valence-electron chi connectivity index (χ1n) is 7.41. The van der Waals surface area contributed by atoms with Crippen LogP contribution in [-0.2, 0) is 9.53 Å². The fourth-order valence-corrected chi connectivity index (χ4v) is 1.97. The summed E-state index contributed by atoms with van der Waals surface area (Å²) in [5.41, 5.74) is -0.145. The van der Waals surface area contributed by atoms with Gasteiger partial charge >= 0.3 is 19.2 Å². The molecule has 0 spiro atoms. The Labute approximate surface area is 150 Å². The lowest BCUT2D eigenvalue weighted by atomic mass is 10.2. The summed E-state index contributed by atoms with van der Waals surface area (Å²) in [6.07, 6.45) is 0. The average molecular weight is 387 g/mol. The standard InChI is InChI=1S/C17H13F4NO5/c18-16(19)26-11-5-3-4-10(8-11)15(24)25-9-14(23)22-12-6-1-2-7-13(12)27-17(20)21/h1-8,16-17H,9H2,(H,22,23). The smallest absolute Gasteiger partial charge is 0.387 e. The second kappa shape index (κ2) is 9.41. The number of halogens is 4. The summed E-state index contributed by atoms with van der Waals surface area (Å²) in [5.74, 6) is -2.28. The van der Waals surface area contributed by atoms with E-state index in [4.69, 9.17) is 4.74 Å². The highest BCUT2D eigenvalue weighted by Gasteiger charge is 2.15. The number of para-hydroxylation sites is 2. The van der Waals surface area contributed by atoms with Gasteiger partial charge in [0.2, 0.25) is 0 Å². The fourth-order valence-electron chi connectivity index (χ4n) is 1.97. The van der Waals surface area contributed by atoms with Gasteiger partial charge in [-0.15, -0.1) is 0 Å². The van der Waals surface area contributed by atoms with Crippen LogP contribution in [0.3, 0.4) is 0 Å². The van der Waals surface area contributed by atoms with Gasteiger partial charge in [-0.1, -0.05) is 18.2 Å². The third kappa shape index (κ3) is 6.49. The zero-order chi connectivity index (χ0) is 19.8. The number of carbonyl (C=O) groups excluding carboxylic acids is 2. The van der Waals surface area contributed by atoms with Crippen molar-refractivity contribution in [3.05, 3.63) is 54.1 Å². The molecule has 10 heteroatoms. The van der Waals surface area contributed by atoms with Crippen LogP contribution in [0.1, 0.15) is 10.4 Å². The van der Waals surface area contributed by atoms with E-state index >= 15 is 0 Å². The summed E-state index contributed by atoms with van der Waals surface area (Å²) in [5, 5.41) is 2.26. The molecule has 0 aliphatic heterocycles. The number of benzene rings is 2. The van der Waals surface area contributed by atoms with Gasteiger partial charge in [-0.3, -0.25) is 4.79 Å². The third-order valence-corrected chi connectivity index (χ3v) is 3.01. The molecule has 0 atom stereocenters. The van der Waals surface area contributed by atoms with Crippen molar-refractivity contribution < 1.29 is 41.4 Å². The van der Waals surface area contributed by atoms with Crippen LogP contribution < -0.4 is 14.8 Å². The first-order valence-corrected chi connectivity index (χ1v) is 7.41. The minimum Gasteiger partial charge on any atom is -0.452 e. The molecule has 2 aromatic carbocycles. The zero-order valence-corrected chi connectivity index (χ0v) is 13.5. The first-order chi connectivity index (χ1) is 12.8. The molecule has 0 unspecified atom stereocenters. The molecule has 0 radical (unpaired) electrons. The molecule has 0 fully saturated rings. The maximum absolute atomic E-state index is 12.3. The number of amides is 1. The molecular formula is C17H13F4NO5. The predicted molar refractivity (Wildman–Crippen MR) is 85.1 cm³/mol. The maximum atomic E-state index is 12.3. The molecule has 2 aromatic rings. The van der Waals surface area contributed by atoms with E-state index < -0.39 is 31.7 Å². The number of nitrogens with one attached hydrogen (secondary N) is 1. The van der Waals surface area contributed by atoms with Crippen molar-refractivity contribution in [2.75, 3.05) is 11.9 Å². The van der Waals surface area contributed by atoms with Crippen LogP contribution in [0, 0.1) is 0 Å². The van der Waals surface area contributed by atoms with Crippen molar-refractivity contribution in [1.82, 2.24) is 0 Å². The van der Waals surface area contributed by atoms with Gasteiger partial charge in [-0.25, -0.2) is 4.79 Å². The normalized spacial score (nSPS) is 10.6. The molecule has 0 bridgehead atoms. The molecule has 0 saturated carbocycles. The fraction of sp³-hybridized carbons (Fsp3) is 0.176. The van der Waals surface area contributed by atoms with Crippen molar-refractivity contribution in [2.45, 2.75) is 13.2 Å². The van der Waals surface area contributed by atoms with Crippen LogP contribution in [0.5, 0.6) is 11.5 Å². The molecule has 1 amide bonds. The van der Waals surface area contributed by atoms with Crippen LogP contribution >= 0.6 is 0 Å². The molecule has 0 aromatic heterocycles. The van der Waals surface area contributed by atoms with E-state index in [2.05, 4.69) is 14.8 Å². The van der Waals surface area contributed by atoms with Gasteiger partial charge in [0, 0.05) is 0 Å². The Balaban J connectivity index is 1.93. The largest absolute Gasteiger partial charge is 0.452 e. The van der Waals surface area contributed by atoms with Crippen molar-refractivity contribution >= 4 is 17.6 Å². The molecule has 0 aliphatic rings. The Bertz CT molecular complexity index is 800. The summed E-state index contributed by atoms with van der Waals surface area (Å²) >= 11 is 0. The molecule has 27 heavy (non-hydrogen) atoms. The Kier molecular flexibility index (Phi) is 6.98. The van der Waals surface area contributed by atoms with Gasteiger partial charge < -0.3 is 19.5 Å². The lowest BCUT2D eigenvalue weighted by molar-refractivity contribution is -0.119. The Morgan fingerprint density at radius 2 is 1.63 bits per heavy atom. The molecule has 6 nitrogen and oxygen atoms in total. The molecule has 2 rings (SSSR count). The minimum absolute atomic E-state index is 0.0359. The lowest BCUT2D eigenvalue weighted by Gasteiger charge is -2.12. The highest BCUT2D eigenvalue weighted by atomic mass is 19.3. The Morgan fingerprint density at radius 1 is 0.926 bits per heavy atom. The number of hydrogen-bond acceptors (Lipinski definition) is 5. The number of esters is 1. The topological polar surface area (TPSA) is 73.9 Å². The summed E-state index contributed by atoms with van der Waals surface area (Å²) < 4.78 is 62.2. The van der Waals surface area contributed by atoms with Gasteiger partial charge in [0.1, 0.15) is 11.5 Å². The van der Waals surface area contributed by atoms with E-state index in [1.165, 1.54) is 42.5 Å². The number of hydrogen-bond donors (Lipinski definition) is 1. The maximum Gasteiger partial charge on any atom is 0.387 e. The number of alkyl halides is 4. The van der Waals surface area contributed by atoms with Crippen LogP contribution in [-0.4, -0.2) is 31.7 Å². The number of rotatable bonds is 8. The second-order valence-corrected chi connectivity index (χ2v) is 4.91. The van der Waals surface area contributed by atoms with E-state index in [0.717, 1.165) is 6.07 Å². The van der Waals surface area contributed by atoms with Crippen LogP contribution in [0.15, 0.2) is 48.5 Å². The SMILES string of the molecule is O=C(COC(=O)c1cccc(OC(F)F)c1)Nc1ccccc1OC(F)F. The lowest BCUT2D eigenvalue weighted by Crippen LogP contribution is -2.21. The molecule has 0 saturated heterocycles. The third-order valence-electron chi connectivity index (χ3n) is 3.01. The van der Waals surface area contributed by atoms with Gasteiger partial charge in [-0.05, 0) is 30.3 Å². The van der Waals surface area contributed by atoms with Crippen LogP contribution in [0.2, 0.25) is 0 Å². The summed E-state index contributed by atoms with van der Waals surface area (Å²) in [4.78, 5) is 23.7. The monoisotopic (exact) mass is 387 g/mol. The molecule has 0 aliphatic carbocycles. The summed E-state index contributed by atoms with van der Waals surface area (Å²) in [6.45, 7) is -6.87. The van der Waals surface area contributed by atoms with Gasteiger partial charge in [0.25, 0.3) is 5.91 Å². The zero-order valence-electron chi connectivity index (χ0n) is 13.5. The number of anilines is 1. The van der Waals surface area contributed by atoms with E-state index in [1.54, 1.807) is 0 Å². The Morgan fingerprint density at radius 3 is 2.33 bits per heavy atom. The minimum atomic E-state index is -3.08. The summed E-state index contributed by atoms with van der Waals surface area (Å²) in [7, 11) is 0. The van der Waals surface area contributed by atoms with Crippen molar-refractivity contribution in [3.63, 3.8) is 0 Å². The van der Waals surface area contributed by atoms with Gasteiger partial charge in [0.15, 0.2) is 6.61 Å². The molecule has 1 N–H and O–H groups in total. The quantitative estimate of drug-likeness (QED) is 0.553. The van der Waals surface area contributed by atoms with E-state index in [-0.39, 0.29) is 22.7 Å². The number of ether oxygens (including phenoxy) is 3. The van der Waals surface area contributed by atoms with E-state index in [1.807, 2.05) is 0 Å². The predicted octanol–water partition coefficient (Wildman–Crippen LogP) is 3.68.